The first-order chi connectivity index (χ1) is 14.1. The quantitative estimate of drug-likeness (QED) is 0.514. The van der Waals surface area contributed by atoms with Crippen LogP contribution in [0.1, 0.15) is 16.1 Å². The van der Waals surface area contributed by atoms with Gasteiger partial charge in [0, 0.05) is 24.3 Å². The Hall–Kier alpha value is -3.45. The van der Waals surface area contributed by atoms with Gasteiger partial charge in [-0.05, 0) is 47.8 Å². The molecule has 1 aliphatic heterocycles. The largest absolute Gasteiger partial charge is 0.426 e. The minimum Gasteiger partial charge on any atom is -0.426 e. The standard InChI is InChI=1S/C22H18N2O4S/c25-20-13-15(14-24(20)17-5-2-1-3-6-17)22(27)28-18-10-8-16(9-11-18)23-21(26)19-7-4-12-29-19/h1-12,15H,13-14H2,(H,23,26). The van der Waals surface area contributed by atoms with Gasteiger partial charge in [0.15, 0.2) is 0 Å². The topological polar surface area (TPSA) is 75.7 Å². The molecular weight excluding hydrogens is 388 g/mol. The third kappa shape index (κ3) is 4.35. The van der Waals surface area contributed by atoms with Crippen LogP contribution in [0.4, 0.5) is 11.4 Å². The molecule has 0 radical (unpaired) electrons. The molecule has 4 rings (SSSR count). The zero-order valence-electron chi connectivity index (χ0n) is 15.4. The number of hydrogen-bond acceptors (Lipinski definition) is 5. The van der Waals surface area contributed by atoms with Crippen LogP contribution in [0.15, 0.2) is 72.1 Å². The highest BCUT2D eigenvalue weighted by Crippen LogP contribution is 2.26. The Balaban J connectivity index is 1.35. The van der Waals surface area contributed by atoms with Gasteiger partial charge in [0.25, 0.3) is 5.91 Å². The highest BCUT2D eigenvalue weighted by atomic mass is 32.1. The summed E-state index contributed by atoms with van der Waals surface area (Å²) in [6, 6.07) is 19.4. The minimum atomic E-state index is -0.513. The molecule has 0 spiro atoms. The van der Waals surface area contributed by atoms with E-state index in [4.69, 9.17) is 4.74 Å². The number of benzene rings is 2. The van der Waals surface area contributed by atoms with Gasteiger partial charge in [-0.25, -0.2) is 0 Å². The second kappa shape index (κ2) is 8.28. The summed E-state index contributed by atoms with van der Waals surface area (Å²) in [4.78, 5) is 39.0. The highest BCUT2D eigenvalue weighted by molar-refractivity contribution is 7.12. The zero-order chi connectivity index (χ0) is 20.2. The number of ether oxygens (including phenoxy) is 1. The van der Waals surface area contributed by atoms with Crippen molar-refractivity contribution in [1.29, 1.82) is 0 Å². The van der Waals surface area contributed by atoms with Gasteiger partial charge in [0.1, 0.15) is 5.75 Å². The number of amides is 2. The van der Waals surface area contributed by atoms with E-state index in [2.05, 4.69) is 5.32 Å². The lowest BCUT2D eigenvalue weighted by Crippen LogP contribution is -2.27. The molecule has 6 nitrogen and oxygen atoms in total. The molecule has 0 saturated carbocycles. The second-order valence-electron chi connectivity index (χ2n) is 6.62. The lowest BCUT2D eigenvalue weighted by Gasteiger charge is -2.16. The lowest BCUT2D eigenvalue weighted by molar-refractivity contribution is -0.139. The number of anilines is 2. The smallest absolute Gasteiger partial charge is 0.316 e. The molecule has 2 heterocycles. The van der Waals surface area contributed by atoms with Crippen molar-refractivity contribution in [3.63, 3.8) is 0 Å². The molecular formula is C22H18N2O4S. The van der Waals surface area contributed by atoms with Gasteiger partial charge in [-0.15, -0.1) is 11.3 Å². The normalized spacial score (nSPS) is 15.9. The first kappa shape index (κ1) is 18.9. The summed E-state index contributed by atoms with van der Waals surface area (Å²) in [6.45, 7) is 0.302. The fraction of sp³-hybridized carbons (Fsp3) is 0.136. The summed E-state index contributed by atoms with van der Waals surface area (Å²) in [7, 11) is 0. The molecule has 29 heavy (non-hydrogen) atoms. The second-order valence-corrected chi connectivity index (χ2v) is 7.57. The van der Waals surface area contributed by atoms with E-state index >= 15 is 0 Å². The molecule has 1 N–H and O–H groups in total. The van der Waals surface area contributed by atoms with Crippen molar-refractivity contribution in [2.24, 2.45) is 5.92 Å². The van der Waals surface area contributed by atoms with Gasteiger partial charge < -0.3 is 15.0 Å². The summed E-state index contributed by atoms with van der Waals surface area (Å²) in [6.07, 6.45) is 0.128. The van der Waals surface area contributed by atoms with Crippen LogP contribution >= 0.6 is 11.3 Å². The maximum Gasteiger partial charge on any atom is 0.316 e. The maximum atomic E-state index is 12.5. The van der Waals surface area contributed by atoms with Crippen molar-refractivity contribution < 1.29 is 19.1 Å². The third-order valence-corrected chi connectivity index (χ3v) is 5.47. The van der Waals surface area contributed by atoms with Gasteiger partial charge in [0.2, 0.25) is 5.91 Å². The number of esters is 1. The fourth-order valence-electron chi connectivity index (χ4n) is 3.13. The number of hydrogen-bond donors (Lipinski definition) is 1. The van der Waals surface area contributed by atoms with E-state index in [-0.39, 0.29) is 18.2 Å². The first-order valence-corrected chi connectivity index (χ1v) is 10.00. The number of carbonyl (C=O) groups is 3. The van der Waals surface area contributed by atoms with Crippen molar-refractivity contribution in [1.82, 2.24) is 0 Å². The van der Waals surface area contributed by atoms with Crippen molar-refractivity contribution in [2.75, 3.05) is 16.8 Å². The van der Waals surface area contributed by atoms with E-state index in [1.165, 1.54) is 11.3 Å². The molecule has 0 bridgehead atoms. The number of carbonyl (C=O) groups excluding carboxylic acids is 3. The Labute approximate surface area is 171 Å². The van der Waals surface area contributed by atoms with Crippen LogP contribution in [-0.4, -0.2) is 24.3 Å². The summed E-state index contributed by atoms with van der Waals surface area (Å²) < 4.78 is 5.43. The highest BCUT2D eigenvalue weighted by Gasteiger charge is 2.36. The first-order valence-electron chi connectivity index (χ1n) is 9.12. The van der Waals surface area contributed by atoms with Crippen LogP contribution in [0.25, 0.3) is 0 Å². The van der Waals surface area contributed by atoms with Gasteiger partial charge in [-0.2, -0.15) is 0 Å². The molecule has 1 unspecified atom stereocenters. The summed E-state index contributed by atoms with van der Waals surface area (Å²) in [5, 5.41) is 4.63. The Bertz CT molecular complexity index is 1020. The Morgan fingerprint density at radius 2 is 1.76 bits per heavy atom. The molecule has 1 atom stereocenters. The van der Waals surface area contributed by atoms with Crippen LogP contribution < -0.4 is 15.0 Å². The van der Waals surface area contributed by atoms with E-state index in [0.29, 0.717) is 22.9 Å². The van der Waals surface area contributed by atoms with Crippen molar-refractivity contribution in [3.8, 4) is 5.75 Å². The average molecular weight is 406 g/mol. The van der Waals surface area contributed by atoms with E-state index < -0.39 is 11.9 Å². The van der Waals surface area contributed by atoms with Crippen molar-refractivity contribution >= 4 is 40.5 Å². The van der Waals surface area contributed by atoms with Crippen LogP contribution in [0, 0.1) is 5.92 Å². The van der Waals surface area contributed by atoms with Crippen LogP contribution in [0.5, 0.6) is 5.75 Å². The van der Waals surface area contributed by atoms with Gasteiger partial charge in [-0.3, -0.25) is 14.4 Å². The van der Waals surface area contributed by atoms with Crippen LogP contribution in [0.3, 0.4) is 0 Å². The van der Waals surface area contributed by atoms with E-state index in [1.54, 1.807) is 35.2 Å². The number of rotatable bonds is 5. The number of nitrogens with zero attached hydrogens (tertiary/aromatic N) is 1. The molecule has 3 aromatic rings. The monoisotopic (exact) mass is 406 g/mol. The molecule has 7 heteroatoms. The summed E-state index contributed by atoms with van der Waals surface area (Å²) in [5.41, 5.74) is 1.38. The zero-order valence-corrected chi connectivity index (χ0v) is 16.2. The van der Waals surface area contributed by atoms with Crippen molar-refractivity contribution in [2.45, 2.75) is 6.42 Å². The Morgan fingerprint density at radius 3 is 2.45 bits per heavy atom. The molecule has 2 amide bonds. The average Bonchev–Trinajstić information content (AvgIpc) is 3.40. The van der Waals surface area contributed by atoms with Crippen LogP contribution in [0.2, 0.25) is 0 Å². The van der Waals surface area contributed by atoms with E-state index in [9.17, 15) is 14.4 Å². The predicted octanol–water partition coefficient (Wildman–Crippen LogP) is 3.96. The lowest BCUT2D eigenvalue weighted by atomic mass is 10.1. The fourth-order valence-corrected chi connectivity index (χ4v) is 3.75. The molecule has 0 aliphatic carbocycles. The molecule has 1 saturated heterocycles. The van der Waals surface area contributed by atoms with Crippen LogP contribution in [-0.2, 0) is 9.59 Å². The van der Waals surface area contributed by atoms with Gasteiger partial charge >= 0.3 is 5.97 Å². The third-order valence-electron chi connectivity index (χ3n) is 4.60. The molecule has 1 aromatic heterocycles. The maximum absolute atomic E-state index is 12.5. The molecule has 1 fully saturated rings. The van der Waals surface area contributed by atoms with E-state index in [0.717, 1.165) is 5.69 Å². The Kier molecular flexibility index (Phi) is 5.39. The molecule has 2 aromatic carbocycles. The Morgan fingerprint density at radius 1 is 1.00 bits per heavy atom. The van der Waals surface area contributed by atoms with Crippen molar-refractivity contribution in [3.05, 3.63) is 77.0 Å². The molecule has 1 aliphatic rings. The number of para-hydroxylation sites is 1. The predicted molar refractivity (Wildman–Crippen MR) is 111 cm³/mol. The number of nitrogens with one attached hydrogen (secondary N) is 1. The van der Waals surface area contributed by atoms with E-state index in [1.807, 2.05) is 41.8 Å². The minimum absolute atomic E-state index is 0.0928. The SMILES string of the molecule is O=C(Nc1ccc(OC(=O)C2CC(=O)N(c3ccccc3)C2)cc1)c1cccs1. The summed E-state index contributed by atoms with van der Waals surface area (Å²) >= 11 is 1.36. The van der Waals surface area contributed by atoms with Gasteiger partial charge in [0.05, 0.1) is 10.8 Å². The molecule has 146 valence electrons. The summed E-state index contributed by atoms with van der Waals surface area (Å²) in [5.74, 6) is -0.859. The van der Waals surface area contributed by atoms with Gasteiger partial charge in [-0.1, -0.05) is 24.3 Å². The number of thiophene rings is 1.